The van der Waals surface area contributed by atoms with E-state index in [9.17, 15) is 14.4 Å². The number of esters is 3. The number of carbonyl (C=O) groups excluding carboxylic acids is 3. The third-order valence-corrected chi connectivity index (χ3v) is 13.5. The lowest BCUT2D eigenvalue weighted by molar-refractivity contribution is -0.167. The second kappa shape index (κ2) is 63.6. The SMILES string of the molecule is CC/C=C\C/C=C\C/C=C\C/C=C\C/C=C\C/C=C\CCCCCCC(=O)OC(COC(=O)CCCCCCCCCCCC)COC(=O)CCCCCCCCCCCC/C=C\C/C=C\C/C=C\CCCCCCC. The molecule has 76 heavy (non-hydrogen) atoms. The van der Waals surface area contributed by atoms with Crippen LogP contribution in [0.25, 0.3) is 0 Å². The minimum Gasteiger partial charge on any atom is -0.462 e. The molecule has 0 heterocycles. The van der Waals surface area contributed by atoms with Crippen LogP contribution in [0.2, 0.25) is 0 Å². The van der Waals surface area contributed by atoms with Crippen molar-refractivity contribution in [1.82, 2.24) is 0 Å². The van der Waals surface area contributed by atoms with E-state index in [0.29, 0.717) is 19.3 Å². The molecule has 0 aliphatic heterocycles. The van der Waals surface area contributed by atoms with Crippen LogP contribution < -0.4 is 0 Å². The molecule has 0 amide bonds. The van der Waals surface area contributed by atoms with Crippen molar-refractivity contribution in [2.24, 2.45) is 0 Å². The van der Waals surface area contributed by atoms with Gasteiger partial charge in [0.25, 0.3) is 0 Å². The Balaban J connectivity index is 4.33. The third-order valence-electron chi connectivity index (χ3n) is 13.5. The Hall–Kier alpha value is -3.93. The molecule has 0 N–H and O–H groups in total. The Bertz CT molecular complexity index is 1540. The molecule has 0 radical (unpaired) electrons. The lowest BCUT2D eigenvalue weighted by atomic mass is 10.1. The quantitative estimate of drug-likeness (QED) is 0.0261. The molecule has 0 aliphatic carbocycles. The van der Waals surface area contributed by atoms with Crippen molar-refractivity contribution in [1.29, 1.82) is 0 Å². The second-order valence-electron chi connectivity index (χ2n) is 20.9. The Morgan fingerprint density at radius 1 is 0.276 bits per heavy atom. The highest BCUT2D eigenvalue weighted by Gasteiger charge is 2.19. The predicted molar refractivity (Wildman–Crippen MR) is 330 cm³/mol. The first-order valence-electron chi connectivity index (χ1n) is 31.9. The summed E-state index contributed by atoms with van der Waals surface area (Å²) in [5.74, 6) is -0.914. The molecule has 0 aromatic heterocycles. The number of hydrogen-bond acceptors (Lipinski definition) is 6. The van der Waals surface area contributed by atoms with E-state index in [1.807, 2.05) is 0 Å². The van der Waals surface area contributed by atoms with Gasteiger partial charge in [-0.05, 0) is 109 Å². The van der Waals surface area contributed by atoms with Gasteiger partial charge in [0.05, 0.1) is 0 Å². The van der Waals surface area contributed by atoms with Crippen LogP contribution in [-0.4, -0.2) is 37.2 Å². The van der Waals surface area contributed by atoms with Gasteiger partial charge in [-0.25, -0.2) is 0 Å². The third kappa shape index (κ3) is 60.9. The molecular weight excluding hydrogens is 937 g/mol. The summed E-state index contributed by atoms with van der Waals surface area (Å²) in [6, 6.07) is 0. The molecule has 0 aromatic carbocycles. The lowest BCUT2D eigenvalue weighted by Crippen LogP contribution is -2.30. The Kier molecular flexibility index (Phi) is 60.3. The van der Waals surface area contributed by atoms with Crippen LogP contribution in [-0.2, 0) is 28.6 Å². The van der Waals surface area contributed by atoms with Gasteiger partial charge >= 0.3 is 17.9 Å². The van der Waals surface area contributed by atoms with Crippen molar-refractivity contribution in [3.63, 3.8) is 0 Å². The fraction of sp³-hybridized carbons (Fsp3) is 0.700. The van der Waals surface area contributed by atoms with Crippen LogP contribution in [0.5, 0.6) is 0 Å². The number of ether oxygens (including phenoxy) is 3. The zero-order valence-corrected chi connectivity index (χ0v) is 49.7. The van der Waals surface area contributed by atoms with Gasteiger partial charge in [0.2, 0.25) is 0 Å². The van der Waals surface area contributed by atoms with Gasteiger partial charge in [-0.2, -0.15) is 0 Å². The van der Waals surface area contributed by atoms with Crippen molar-refractivity contribution in [3.05, 3.63) is 109 Å². The first kappa shape index (κ1) is 72.1. The maximum Gasteiger partial charge on any atom is 0.306 e. The average molecular weight is 1060 g/mol. The molecule has 1 atom stereocenters. The molecule has 1 unspecified atom stereocenters. The van der Waals surface area contributed by atoms with E-state index in [1.165, 1.54) is 135 Å². The van der Waals surface area contributed by atoms with Gasteiger partial charge in [0.15, 0.2) is 6.10 Å². The van der Waals surface area contributed by atoms with Crippen LogP contribution in [0.1, 0.15) is 297 Å². The Morgan fingerprint density at radius 2 is 0.513 bits per heavy atom. The molecule has 434 valence electrons. The van der Waals surface area contributed by atoms with Crippen LogP contribution >= 0.6 is 0 Å². The second-order valence-corrected chi connectivity index (χ2v) is 20.9. The molecular formula is C70H118O6. The van der Waals surface area contributed by atoms with Gasteiger partial charge in [0, 0.05) is 19.3 Å². The molecule has 0 aliphatic rings. The summed E-state index contributed by atoms with van der Waals surface area (Å²) >= 11 is 0. The minimum absolute atomic E-state index is 0.0890. The van der Waals surface area contributed by atoms with E-state index >= 15 is 0 Å². The zero-order chi connectivity index (χ0) is 55.0. The zero-order valence-electron chi connectivity index (χ0n) is 49.7. The maximum absolute atomic E-state index is 12.9. The van der Waals surface area contributed by atoms with Crippen molar-refractivity contribution in [2.45, 2.75) is 303 Å². The summed E-state index contributed by atoms with van der Waals surface area (Å²) in [7, 11) is 0. The van der Waals surface area contributed by atoms with E-state index < -0.39 is 6.10 Å². The normalized spacial score (nSPS) is 12.8. The molecule has 0 rings (SSSR count). The first-order chi connectivity index (χ1) is 37.5. The molecule has 0 saturated heterocycles. The van der Waals surface area contributed by atoms with E-state index in [4.69, 9.17) is 14.2 Å². The van der Waals surface area contributed by atoms with Crippen molar-refractivity contribution >= 4 is 17.9 Å². The highest BCUT2D eigenvalue weighted by Crippen LogP contribution is 2.15. The number of carbonyl (C=O) groups is 3. The fourth-order valence-corrected chi connectivity index (χ4v) is 8.75. The highest BCUT2D eigenvalue weighted by atomic mass is 16.6. The lowest BCUT2D eigenvalue weighted by Gasteiger charge is -2.18. The molecule has 0 saturated carbocycles. The molecule has 6 nitrogen and oxygen atoms in total. The summed E-state index contributed by atoms with van der Waals surface area (Å²) in [6.07, 6.45) is 86.7. The standard InChI is InChI=1S/C70H118O6/c1-4-7-10-13-16-19-22-24-26-28-30-32-34-35-37-38-40-42-44-46-48-51-54-57-60-63-69(72)75-66-67(65-74-68(71)62-59-56-53-50-21-18-15-12-9-6-3)76-70(73)64-61-58-55-52-49-47-45-43-41-39-36-33-31-29-27-25-23-20-17-14-11-8-5-2/h8,11,17,20,22,24-25,27-28,30-31,33-35,39,41,45,47,67H,4-7,9-10,12-16,18-19,21,23,26,29,32,36-38,40,42-44,46,48-66H2,1-3H3/b11-8-,20-17-,24-22-,27-25-,30-28-,33-31-,35-34-,41-39-,47-45-. The van der Waals surface area contributed by atoms with Gasteiger partial charge in [-0.15, -0.1) is 0 Å². The van der Waals surface area contributed by atoms with Gasteiger partial charge in [-0.3, -0.25) is 14.4 Å². The van der Waals surface area contributed by atoms with Crippen LogP contribution in [0, 0.1) is 0 Å². The van der Waals surface area contributed by atoms with Crippen LogP contribution in [0.15, 0.2) is 109 Å². The highest BCUT2D eigenvalue weighted by molar-refractivity contribution is 5.71. The predicted octanol–water partition coefficient (Wildman–Crippen LogP) is 21.8. The Morgan fingerprint density at radius 3 is 0.803 bits per heavy atom. The van der Waals surface area contributed by atoms with Crippen molar-refractivity contribution in [3.8, 4) is 0 Å². The smallest absolute Gasteiger partial charge is 0.306 e. The topological polar surface area (TPSA) is 78.9 Å². The summed E-state index contributed by atoms with van der Waals surface area (Å²) < 4.78 is 16.9. The first-order valence-corrected chi connectivity index (χ1v) is 31.9. The summed E-state index contributed by atoms with van der Waals surface area (Å²) in [5, 5.41) is 0. The van der Waals surface area contributed by atoms with Crippen molar-refractivity contribution in [2.75, 3.05) is 13.2 Å². The summed E-state index contributed by atoms with van der Waals surface area (Å²) in [5.41, 5.74) is 0. The van der Waals surface area contributed by atoms with Crippen LogP contribution in [0.3, 0.4) is 0 Å². The van der Waals surface area contributed by atoms with E-state index in [1.54, 1.807) is 0 Å². The van der Waals surface area contributed by atoms with Crippen LogP contribution in [0.4, 0.5) is 0 Å². The Labute approximate surface area is 470 Å². The molecule has 0 aromatic rings. The van der Waals surface area contributed by atoms with E-state index in [0.717, 1.165) is 122 Å². The summed E-state index contributed by atoms with van der Waals surface area (Å²) in [6.45, 7) is 6.49. The van der Waals surface area contributed by atoms with E-state index in [2.05, 4.69) is 130 Å². The fourth-order valence-electron chi connectivity index (χ4n) is 8.75. The van der Waals surface area contributed by atoms with Gasteiger partial charge in [0.1, 0.15) is 13.2 Å². The largest absolute Gasteiger partial charge is 0.462 e. The molecule has 6 heteroatoms. The van der Waals surface area contributed by atoms with E-state index in [-0.39, 0.29) is 31.1 Å². The number of unbranched alkanes of at least 4 members (excludes halogenated alkanes) is 28. The number of rotatable bonds is 57. The maximum atomic E-state index is 12.9. The number of hydrogen-bond donors (Lipinski definition) is 0. The van der Waals surface area contributed by atoms with Gasteiger partial charge in [-0.1, -0.05) is 278 Å². The monoisotopic (exact) mass is 1050 g/mol. The minimum atomic E-state index is -0.794. The average Bonchev–Trinajstić information content (AvgIpc) is 3.42. The summed E-state index contributed by atoms with van der Waals surface area (Å²) in [4.78, 5) is 38.2. The molecule has 0 bridgehead atoms. The molecule has 0 fully saturated rings. The van der Waals surface area contributed by atoms with Gasteiger partial charge < -0.3 is 14.2 Å². The molecule has 0 spiro atoms. The number of allylic oxidation sites excluding steroid dienone is 18. The van der Waals surface area contributed by atoms with Crippen molar-refractivity contribution < 1.29 is 28.6 Å².